The summed E-state index contributed by atoms with van der Waals surface area (Å²) in [6.45, 7) is 0. The van der Waals surface area contributed by atoms with Crippen molar-refractivity contribution in [2.24, 2.45) is 0 Å². The second-order valence-corrected chi connectivity index (χ2v) is 43.5. The molecule has 16 heteroatoms. The summed E-state index contributed by atoms with van der Waals surface area (Å²) in [4.78, 5) is 60.4. The number of hydrogen-bond acceptors (Lipinski definition) is 11. The number of para-hydroxylation sites is 12. The zero-order chi connectivity index (χ0) is 93.2. The van der Waals surface area contributed by atoms with Crippen LogP contribution in [-0.2, 0) is 0 Å². The molecule has 12 nitrogen and oxygen atoms in total. The first-order chi connectivity index (χ1) is 69.1. The van der Waals surface area contributed by atoms with E-state index in [2.05, 4.69) is 292 Å². The Morgan fingerprint density at radius 3 is 0.943 bits per heavy atom. The third-order valence-electron chi connectivity index (χ3n) is 26.3. The van der Waals surface area contributed by atoms with Gasteiger partial charge in [-0.15, -0.1) is 0 Å². The quantitative estimate of drug-likeness (QED) is 0.0956. The topological polar surface area (TPSA) is 135 Å². The Bertz CT molecular complexity index is 10100. The van der Waals surface area contributed by atoms with Crippen LogP contribution in [0.3, 0.4) is 0 Å². The average Bonchev–Trinajstić information content (AvgIpc) is 0.915. The zero-order valence-electron chi connectivity index (χ0n) is 74.4. The Kier molecular flexibility index (Phi) is 21.0. The molecule has 0 unspecified atom stereocenters. The van der Waals surface area contributed by atoms with Crippen molar-refractivity contribution < 1.29 is 17.7 Å². The monoisotopic (exact) mass is 2070 g/mol. The Morgan fingerprint density at radius 1 is 0.179 bits per heavy atom. The van der Waals surface area contributed by atoms with Crippen molar-refractivity contribution in [1.29, 1.82) is 0 Å². The molecule has 0 radical (unpaired) electrons. The van der Waals surface area contributed by atoms with Crippen LogP contribution in [0.2, 0.25) is 0 Å². The van der Waals surface area contributed by atoms with Crippen LogP contribution in [0.4, 0.5) is 51.2 Å². The van der Waals surface area contributed by atoms with E-state index in [1.165, 1.54) is 88.8 Å². The van der Waals surface area contributed by atoms with Crippen molar-refractivity contribution in [2.45, 2.75) is 0 Å². The molecule has 9 heterocycles. The van der Waals surface area contributed by atoms with E-state index in [1.807, 2.05) is 176 Å². The van der Waals surface area contributed by atoms with E-state index >= 15 is 0 Å². The molecule has 20 aromatic carbocycles. The van der Waals surface area contributed by atoms with E-state index in [9.17, 15) is 19.2 Å². The molecule has 140 heavy (non-hydrogen) atoms. The van der Waals surface area contributed by atoms with Crippen molar-refractivity contribution in [3.8, 4) is 5.69 Å². The Morgan fingerprint density at radius 2 is 0.486 bits per heavy atom. The molecule has 0 spiro atoms. The van der Waals surface area contributed by atoms with E-state index in [-0.39, 0.29) is 79.7 Å². The second kappa shape index (κ2) is 35.0. The van der Waals surface area contributed by atoms with Crippen molar-refractivity contribution in [1.82, 2.24) is 4.57 Å². The Hall–Kier alpha value is -16.4. The third kappa shape index (κ3) is 14.5. The van der Waals surface area contributed by atoms with Crippen LogP contribution in [-0.4, -0.2) is 62.6 Å². The van der Waals surface area contributed by atoms with Gasteiger partial charge in [0, 0.05) is 0 Å². The fraction of sp³-hybridized carbons (Fsp3) is 0. The maximum absolute atomic E-state index is 13.8. The molecular weight excluding hydrogens is 1990 g/mol. The van der Waals surface area contributed by atoms with E-state index in [0.717, 1.165) is 67.0 Å². The number of nitrogens with zero attached hydrogens (tertiary/aromatic N) is 4. The second-order valence-electron chi connectivity index (χ2n) is 34.5. The van der Waals surface area contributed by atoms with Crippen molar-refractivity contribution >= 4 is 296 Å². The van der Waals surface area contributed by atoms with Gasteiger partial charge in [-0.3, -0.25) is 0 Å². The molecular formula is C124H74N4O8Se4. The third-order valence-corrected chi connectivity index (χ3v) is 36.1. The summed E-state index contributed by atoms with van der Waals surface area (Å²) >= 11 is 0.521. The summed E-state index contributed by atoms with van der Waals surface area (Å²) in [5.74, 6) is 0. The van der Waals surface area contributed by atoms with E-state index in [4.69, 9.17) is 17.7 Å². The van der Waals surface area contributed by atoms with E-state index in [0.29, 0.717) is 87.8 Å². The number of anilines is 9. The molecule has 29 rings (SSSR count). The molecule has 0 atom stereocenters. The minimum atomic E-state index is 0.00357. The van der Waals surface area contributed by atoms with E-state index < -0.39 is 0 Å². The molecule has 0 aliphatic rings. The first kappa shape index (κ1) is 84.1. The van der Waals surface area contributed by atoms with Gasteiger partial charge in [0.15, 0.2) is 0 Å². The summed E-state index contributed by atoms with van der Waals surface area (Å²) < 4.78 is 37.8. The SMILES string of the molecule is O=c1c2cc3c(cc2oc2c(N(c4ccccc4)c4ccccc4)cccc12)[se]c1ccccc13.O=c1c2ccccc2oc2cc3[se]c4c(-n5c6ccccc6c6ccccc65)cccc4c3cc12.O=c1c2ccccc2oc2cc3[se]c4c(N(c5ccccc5)c5ccccc5)cccc4c3cc12.O=c1c2ccccc2oc2cc3[se]c4ccc(N(c5ccccc5)c5ccccc5)cc4c3cc12. The summed E-state index contributed by atoms with van der Waals surface area (Å²) in [5.41, 5.74) is 18.4. The summed E-state index contributed by atoms with van der Waals surface area (Å²) in [5, 5.41) is 17.0. The predicted octanol–water partition coefficient (Wildman–Crippen LogP) is 30.7. The van der Waals surface area contributed by atoms with Gasteiger partial charge in [-0.2, -0.15) is 0 Å². The first-order valence-corrected chi connectivity index (χ1v) is 52.9. The molecule has 0 bridgehead atoms. The van der Waals surface area contributed by atoms with Crippen molar-refractivity contribution in [3.63, 3.8) is 0 Å². The molecule has 29 aromatic rings. The predicted molar refractivity (Wildman–Crippen MR) is 586 cm³/mol. The van der Waals surface area contributed by atoms with Gasteiger partial charge in [0.1, 0.15) is 0 Å². The van der Waals surface area contributed by atoms with Gasteiger partial charge in [-0.05, 0) is 0 Å². The van der Waals surface area contributed by atoms with Crippen molar-refractivity contribution in [2.75, 3.05) is 14.7 Å². The number of fused-ring (bicyclic) bond motifs is 23. The Balaban J connectivity index is 0.0000000960. The molecule has 0 aliphatic heterocycles. The van der Waals surface area contributed by atoms with Gasteiger partial charge in [0.25, 0.3) is 0 Å². The minimum absolute atomic E-state index is 0.00357. The van der Waals surface area contributed by atoms with Gasteiger partial charge >= 0.3 is 828 Å². The molecule has 0 amide bonds. The van der Waals surface area contributed by atoms with Crippen LogP contribution in [0.5, 0.6) is 0 Å². The maximum atomic E-state index is 13.8. The van der Waals surface area contributed by atoms with E-state index in [1.54, 1.807) is 0 Å². The van der Waals surface area contributed by atoms with Gasteiger partial charge in [-0.25, -0.2) is 0 Å². The molecule has 0 aliphatic carbocycles. The number of rotatable bonds is 10. The fourth-order valence-corrected chi connectivity index (χ4v) is 29.7. The number of aromatic nitrogens is 1. The van der Waals surface area contributed by atoms with Gasteiger partial charge in [0.2, 0.25) is 0 Å². The average molecular weight is 2060 g/mol. The summed E-state index contributed by atoms with van der Waals surface area (Å²) in [6, 6.07) is 152. The molecule has 0 saturated heterocycles. The molecule has 0 saturated carbocycles. The van der Waals surface area contributed by atoms with Crippen LogP contribution in [0.1, 0.15) is 0 Å². The fourth-order valence-electron chi connectivity index (χ4n) is 19.9. The van der Waals surface area contributed by atoms with Gasteiger partial charge in [0.05, 0.1) is 0 Å². The van der Waals surface area contributed by atoms with Crippen LogP contribution >= 0.6 is 0 Å². The Labute approximate surface area is 821 Å². The summed E-state index contributed by atoms with van der Waals surface area (Å²) in [7, 11) is 0. The van der Waals surface area contributed by atoms with Crippen LogP contribution in [0.15, 0.2) is 486 Å². The van der Waals surface area contributed by atoms with Gasteiger partial charge < -0.3 is 0 Å². The zero-order valence-corrected chi connectivity index (χ0v) is 81.3. The molecule has 9 aromatic heterocycles. The normalized spacial score (nSPS) is 11.7. The van der Waals surface area contributed by atoms with Crippen molar-refractivity contribution in [3.05, 3.63) is 490 Å². The van der Waals surface area contributed by atoms with Gasteiger partial charge in [-0.1, -0.05) is 0 Å². The summed E-state index contributed by atoms with van der Waals surface area (Å²) in [6.07, 6.45) is 0. The molecule has 0 N–H and O–H groups in total. The van der Waals surface area contributed by atoms with Crippen LogP contribution in [0, 0.1) is 0 Å². The standard InChI is InChI=1S/C31H17NO2Se.3C31H19NO2Se/c33-30-21-10-3-6-15-27(21)34-28-17-29-22(16-23(28)30)20-11-7-14-26(31(20)35-29)32-24-12-4-1-8-18(24)19-9-2-5-13-25(19)32;33-30-23-14-7-8-17-27(23)34-28-19-29-24(18-25(28)30)22-15-9-16-26(31(22)35-29)32(20-10-3-1-4-11-20)21-12-5-2-6-13-21;33-30-23-15-9-16-26(32(20-10-3-1-4-11-20)21-12-5-2-6-13-21)31(23)34-27-19-29-24(18-25(27)30)22-14-7-8-17-28(22)35-29;33-31-23-13-7-8-14-27(23)34-28-19-30-25(18-26(28)31)24-17-22(15-16-29(24)35-30)32(20-9-3-1-4-10-20)21-11-5-2-6-12-21/h1-17H;3*1-19H. The molecule has 0 fully saturated rings. The van der Waals surface area contributed by atoms with Crippen LogP contribution < -0.4 is 36.4 Å². The molecule has 662 valence electrons. The van der Waals surface area contributed by atoms with Crippen LogP contribution in [0.25, 0.3) is 192 Å². The number of hydrogen-bond donors (Lipinski definition) is 0. The first-order valence-electron chi connectivity index (χ1n) is 46.0. The number of benzene rings is 20.